The maximum absolute atomic E-state index is 14.3. The number of hydrogen-bond acceptors (Lipinski definition) is 4. The minimum Gasteiger partial charge on any atom is -0.497 e. The molecule has 3 unspecified atom stereocenters. The summed E-state index contributed by atoms with van der Waals surface area (Å²) in [6, 6.07) is 7.15. The number of aromatic nitrogens is 2. The van der Waals surface area contributed by atoms with Crippen molar-refractivity contribution < 1.29 is 13.9 Å². The number of allylic oxidation sites excluding steroid dienone is 2. The lowest BCUT2D eigenvalue weighted by molar-refractivity contribution is -0.122. The molecular weight excluding hydrogens is 361 g/mol. The van der Waals surface area contributed by atoms with Gasteiger partial charge in [-0.25, -0.2) is 9.07 Å². The number of halogens is 1. The van der Waals surface area contributed by atoms with Crippen molar-refractivity contribution >= 4 is 5.91 Å². The van der Waals surface area contributed by atoms with E-state index < -0.39 is 11.4 Å². The molecule has 3 atom stereocenters. The third kappa shape index (κ3) is 3.69. The van der Waals surface area contributed by atoms with Crippen molar-refractivity contribution in [2.45, 2.75) is 19.4 Å². The van der Waals surface area contributed by atoms with Gasteiger partial charge in [0.2, 0.25) is 5.91 Å². The molecule has 0 radical (unpaired) electrons. The summed E-state index contributed by atoms with van der Waals surface area (Å²) in [4.78, 5) is 24.4. The van der Waals surface area contributed by atoms with Gasteiger partial charge in [-0.1, -0.05) is 12.2 Å². The number of hydrogen-bond donors (Lipinski definition) is 1. The Balaban J connectivity index is 1.44. The lowest BCUT2D eigenvalue weighted by atomic mass is 9.94. The van der Waals surface area contributed by atoms with Crippen LogP contribution < -0.4 is 15.6 Å². The summed E-state index contributed by atoms with van der Waals surface area (Å²) in [7, 11) is 1.46. The van der Waals surface area contributed by atoms with Gasteiger partial charge >= 0.3 is 0 Å². The van der Waals surface area contributed by atoms with E-state index in [1.165, 1.54) is 37.8 Å². The molecule has 0 aliphatic heterocycles. The maximum Gasteiger partial charge on any atom is 0.267 e. The summed E-state index contributed by atoms with van der Waals surface area (Å²) in [5.74, 6) is 1.27. The van der Waals surface area contributed by atoms with Crippen molar-refractivity contribution in [1.82, 2.24) is 15.1 Å². The first kappa shape index (κ1) is 18.4. The molecule has 1 saturated carbocycles. The van der Waals surface area contributed by atoms with Crippen LogP contribution in [0.15, 0.2) is 47.3 Å². The molecule has 2 aliphatic carbocycles. The molecule has 2 bridgehead atoms. The molecule has 1 amide bonds. The predicted octanol–water partition coefficient (Wildman–Crippen LogP) is 2.39. The van der Waals surface area contributed by atoms with E-state index in [0.29, 0.717) is 30.0 Å². The highest BCUT2D eigenvalue weighted by molar-refractivity contribution is 5.75. The van der Waals surface area contributed by atoms with E-state index in [1.807, 2.05) is 0 Å². The molecule has 2 aromatic rings. The van der Waals surface area contributed by atoms with E-state index in [1.54, 1.807) is 6.07 Å². The Morgan fingerprint density at radius 2 is 2.14 bits per heavy atom. The monoisotopic (exact) mass is 383 g/mol. The number of ether oxygens (including phenoxy) is 1. The molecule has 6 nitrogen and oxygen atoms in total. The summed E-state index contributed by atoms with van der Waals surface area (Å²) in [5, 5.41) is 7.08. The van der Waals surface area contributed by atoms with Gasteiger partial charge in [0.1, 0.15) is 18.1 Å². The van der Waals surface area contributed by atoms with Gasteiger partial charge in [0.25, 0.3) is 5.56 Å². The number of nitrogens with zero attached hydrogens (tertiary/aromatic N) is 2. The molecule has 1 N–H and O–H groups in total. The summed E-state index contributed by atoms with van der Waals surface area (Å²) < 4.78 is 20.4. The second-order valence-electron chi connectivity index (χ2n) is 7.40. The van der Waals surface area contributed by atoms with Crippen LogP contribution >= 0.6 is 0 Å². The van der Waals surface area contributed by atoms with Crippen molar-refractivity contribution in [2.75, 3.05) is 13.7 Å². The highest BCUT2D eigenvalue weighted by Crippen LogP contribution is 2.42. The van der Waals surface area contributed by atoms with E-state index in [2.05, 4.69) is 22.6 Å². The predicted molar refractivity (Wildman–Crippen MR) is 102 cm³/mol. The van der Waals surface area contributed by atoms with Crippen LogP contribution in [0.1, 0.15) is 12.8 Å². The van der Waals surface area contributed by atoms with Crippen LogP contribution in [0.25, 0.3) is 11.3 Å². The Hall–Kier alpha value is -2.96. The van der Waals surface area contributed by atoms with Crippen molar-refractivity contribution in [1.29, 1.82) is 0 Å². The van der Waals surface area contributed by atoms with Gasteiger partial charge in [0.05, 0.1) is 12.8 Å². The first-order chi connectivity index (χ1) is 13.5. The molecule has 1 heterocycles. The first-order valence-corrected chi connectivity index (χ1v) is 9.40. The molecule has 1 aromatic heterocycles. The fraction of sp³-hybridized carbons (Fsp3) is 0.381. The topological polar surface area (TPSA) is 73.2 Å². The number of amides is 1. The number of benzene rings is 1. The highest BCUT2D eigenvalue weighted by atomic mass is 19.1. The van der Waals surface area contributed by atoms with E-state index in [-0.39, 0.29) is 23.7 Å². The van der Waals surface area contributed by atoms with E-state index in [9.17, 15) is 14.0 Å². The lowest BCUT2D eigenvalue weighted by Gasteiger charge is -2.18. The zero-order valence-electron chi connectivity index (χ0n) is 15.6. The molecule has 7 heteroatoms. The molecule has 28 heavy (non-hydrogen) atoms. The van der Waals surface area contributed by atoms with Gasteiger partial charge < -0.3 is 10.1 Å². The lowest BCUT2D eigenvalue weighted by Crippen LogP contribution is -2.36. The molecule has 1 fully saturated rings. The fourth-order valence-corrected chi connectivity index (χ4v) is 4.10. The Bertz CT molecular complexity index is 985. The zero-order valence-corrected chi connectivity index (χ0v) is 15.6. The van der Waals surface area contributed by atoms with Crippen LogP contribution in [0.2, 0.25) is 0 Å². The summed E-state index contributed by atoms with van der Waals surface area (Å²) in [6.07, 6.45) is 6.78. The van der Waals surface area contributed by atoms with Crippen LogP contribution in [0.5, 0.6) is 5.75 Å². The highest BCUT2D eigenvalue weighted by Gasteiger charge is 2.35. The number of methoxy groups -OCH3 is 1. The van der Waals surface area contributed by atoms with Crippen LogP contribution in [-0.4, -0.2) is 29.3 Å². The van der Waals surface area contributed by atoms with Gasteiger partial charge in [-0.3, -0.25) is 9.59 Å². The average molecular weight is 383 g/mol. The quantitative estimate of drug-likeness (QED) is 0.778. The average Bonchev–Trinajstić information content (AvgIpc) is 3.31. The summed E-state index contributed by atoms with van der Waals surface area (Å²) in [5.41, 5.74) is 0.116. The largest absolute Gasteiger partial charge is 0.497 e. The Kier molecular flexibility index (Phi) is 4.98. The van der Waals surface area contributed by atoms with Crippen LogP contribution in [0, 0.1) is 23.6 Å². The standard InChI is InChI=1S/C21H22FN3O3/c1-28-16-4-5-17(18(22)10-16)19-6-7-21(27)25(24-19)12-20(26)23-11-15-9-13-2-3-14(15)8-13/h2-7,10,13-15H,8-9,11-12H2,1H3,(H,23,26). The number of carbonyl (C=O) groups is 1. The fourth-order valence-electron chi connectivity index (χ4n) is 4.10. The van der Waals surface area contributed by atoms with E-state index >= 15 is 0 Å². The molecule has 146 valence electrons. The van der Waals surface area contributed by atoms with E-state index in [0.717, 1.165) is 11.1 Å². The van der Waals surface area contributed by atoms with Gasteiger partial charge in [0, 0.05) is 24.2 Å². The number of carbonyl (C=O) groups excluding carboxylic acids is 1. The Morgan fingerprint density at radius 3 is 2.82 bits per heavy atom. The van der Waals surface area contributed by atoms with Crippen molar-refractivity contribution in [3.63, 3.8) is 0 Å². The minimum absolute atomic E-state index is 0.193. The van der Waals surface area contributed by atoms with Gasteiger partial charge in [0.15, 0.2) is 0 Å². The third-order valence-electron chi connectivity index (χ3n) is 5.59. The summed E-state index contributed by atoms with van der Waals surface area (Å²) >= 11 is 0. The van der Waals surface area contributed by atoms with Gasteiger partial charge in [-0.2, -0.15) is 5.10 Å². The Labute approximate surface area is 162 Å². The molecular formula is C21H22FN3O3. The van der Waals surface area contributed by atoms with Crippen molar-refractivity contribution in [2.24, 2.45) is 17.8 Å². The molecule has 1 aromatic carbocycles. The van der Waals surface area contributed by atoms with Gasteiger partial charge in [-0.05, 0) is 48.8 Å². The maximum atomic E-state index is 14.3. The summed E-state index contributed by atoms with van der Waals surface area (Å²) in [6.45, 7) is 0.410. The van der Waals surface area contributed by atoms with E-state index in [4.69, 9.17) is 4.74 Å². The molecule has 4 rings (SSSR count). The number of rotatable bonds is 6. The number of nitrogens with one attached hydrogen (secondary N) is 1. The zero-order chi connectivity index (χ0) is 19.7. The second kappa shape index (κ2) is 7.58. The SMILES string of the molecule is COc1ccc(-c2ccc(=O)n(CC(=O)NCC3CC4C=CC3C4)n2)c(F)c1. The normalized spacial score (nSPS) is 22.4. The van der Waals surface area contributed by atoms with Crippen LogP contribution in [-0.2, 0) is 11.3 Å². The second-order valence-corrected chi connectivity index (χ2v) is 7.40. The van der Waals surface area contributed by atoms with Crippen LogP contribution in [0.4, 0.5) is 4.39 Å². The molecule has 0 saturated heterocycles. The van der Waals surface area contributed by atoms with Gasteiger partial charge in [-0.15, -0.1) is 0 Å². The molecule has 0 spiro atoms. The number of fused-ring (bicyclic) bond motifs is 2. The third-order valence-corrected chi connectivity index (χ3v) is 5.59. The minimum atomic E-state index is -0.508. The first-order valence-electron chi connectivity index (χ1n) is 9.40. The van der Waals surface area contributed by atoms with Crippen LogP contribution in [0.3, 0.4) is 0 Å². The Morgan fingerprint density at radius 1 is 1.29 bits per heavy atom. The van der Waals surface area contributed by atoms with Crippen molar-refractivity contribution in [3.05, 3.63) is 58.7 Å². The van der Waals surface area contributed by atoms with Crippen molar-refractivity contribution in [3.8, 4) is 17.0 Å². The molecule has 2 aliphatic rings. The smallest absolute Gasteiger partial charge is 0.267 e.